The molecular weight excluding hydrogens is 186 g/mol. The lowest BCUT2D eigenvalue weighted by atomic mass is 10.4. The zero-order valence-corrected chi connectivity index (χ0v) is 8.55. The van der Waals surface area contributed by atoms with Crippen LogP contribution in [0.25, 0.3) is 0 Å². The van der Waals surface area contributed by atoms with Gasteiger partial charge in [0.05, 0.1) is 6.61 Å². The van der Waals surface area contributed by atoms with Crippen molar-refractivity contribution in [3.05, 3.63) is 11.1 Å². The van der Waals surface area contributed by atoms with Crippen molar-refractivity contribution in [2.24, 2.45) is 0 Å². The van der Waals surface area contributed by atoms with Gasteiger partial charge in [0.1, 0.15) is 0 Å². The lowest BCUT2D eigenvalue weighted by Crippen LogP contribution is -2.25. The molecular formula is C8H15N3OS. The molecule has 0 aliphatic rings. The van der Waals surface area contributed by atoms with Gasteiger partial charge in [-0.25, -0.2) is 4.98 Å². The van der Waals surface area contributed by atoms with Crippen LogP contribution in [0.4, 0.5) is 5.13 Å². The molecule has 0 aliphatic heterocycles. The molecule has 0 amide bonds. The molecule has 0 aromatic carbocycles. The summed E-state index contributed by atoms with van der Waals surface area (Å²) < 4.78 is 0. The second-order valence-corrected chi connectivity index (χ2v) is 3.90. The number of aromatic nitrogens is 1. The number of aliphatic hydroxyl groups is 1. The van der Waals surface area contributed by atoms with E-state index in [9.17, 15) is 0 Å². The highest BCUT2D eigenvalue weighted by Crippen LogP contribution is 2.15. The maximum atomic E-state index is 8.77. The number of thiazole rings is 1. The molecule has 5 heteroatoms. The Kier molecular flexibility index (Phi) is 4.14. The Morgan fingerprint density at radius 2 is 2.46 bits per heavy atom. The molecule has 0 saturated heterocycles. The minimum atomic E-state index is 0.197. The number of nitrogens with zero attached hydrogens (tertiary/aromatic N) is 2. The maximum Gasteiger partial charge on any atom is 0.180 e. The SMILES string of the molecule is CCN(CCO)Cc1cnc(N)s1. The highest BCUT2D eigenvalue weighted by Gasteiger charge is 2.04. The minimum absolute atomic E-state index is 0.197. The van der Waals surface area contributed by atoms with Crippen molar-refractivity contribution >= 4 is 16.5 Å². The van der Waals surface area contributed by atoms with Gasteiger partial charge in [-0.1, -0.05) is 6.92 Å². The van der Waals surface area contributed by atoms with Crippen LogP contribution < -0.4 is 5.73 Å². The van der Waals surface area contributed by atoms with Crippen LogP contribution in [0.5, 0.6) is 0 Å². The van der Waals surface area contributed by atoms with Gasteiger partial charge < -0.3 is 10.8 Å². The molecule has 0 atom stereocenters. The first kappa shape index (κ1) is 10.4. The Hall–Kier alpha value is -0.650. The van der Waals surface area contributed by atoms with E-state index in [2.05, 4.69) is 16.8 Å². The molecule has 74 valence electrons. The van der Waals surface area contributed by atoms with E-state index in [1.165, 1.54) is 11.3 Å². The van der Waals surface area contributed by atoms with E-state index < -0.39 is 0 Å². The molecule has 1 aromatic heterocycles. The molecule has 1 heterocycles. The Balaban J connectivity index is 2.46. The van der Waals surface area contributed by atoms with Crippen molar-refractivity contribution < 1.29 is 5.11 Å². The van der Waals surface area contributed by atoms with E-state index in [1.807, 2.05) is 0 Å². The Morgan fingerprint density at radius 3 is 2.92 bits per heavy atom. The molecule has 1 rings (SSSR count). The second-order valence-electron chi connectivity index (χ2n) is 2.76. The zero-order chi connectivity index (χ0) is 9.68. The van der Waals surface area contributed by atoms with Gasteiger partial charge in [-0.05, 0) is 6.54 Å². The molecule has 0 radical (unpaired) electrons. The summed E-state index contributed by atoms with van der Waals surface area (Å²) >= 11 is 1.50. The number of aliphatic hydroxyl groups excluding tert-OH is 1. The van der Waals surface area contributed by atoms with E-state index >= 15 is 0 Å². The quantitative estimate of drug-likeness (QED) is 0.730. The summed E-state index contributed by atoms with van der Waals surface area (Å²) in [5.41, 5.74) is 5.51. The monoisotopic (exact) mass is 201 g/mol. The van der Waals surface area contributed by atoms with Gasteiger partial charge in [-0.2, -0.15) is 0 Å². The van der Waals surface area contributed by atoms with E-state index in [4.69, 9.17) is 10.8 Å². The number of hydrogen-bond donors (Lipinski definition) is 2. The molecule has 0 unspecified atom stereocenters. The average molecular weight is 201 g/mol. The van der Waals surface area contributed by atoms with Crippen LogP contribution in [0, 0.1) is 0 Å². The lowest BCUT2D eigenvalue weighted by Gasteiger charge is -2.17. The first-order chi connectivity index (χ1) is 6.26. The standard InChI is InChI=1S/C8H15N3OS/c1-2-11(3-4-12)6-7-5-10-8(9)13-7/h5,12H,2-4,6H2,1H3,(H2,9,10). The van der Waals surface area contributed by atoms with E-state index in [0.717, 1.165) is 18.0 Å². The van der Waals surface area contributed by atoms with Crippen molar-refractivity contribution in [2.75, 3.05) is 25.4 Å². The molecule has 3 N–H and O–H groups in total. The van der Waals surface area contributed by atoms with Gasteiger partial charge in [-0.3, -0.25) is 4.90 Å². The van der Waals surface area contributed by atoms with Gasteiger partial charge in [0, 0.05) is 24.2 Å². The topological polar surface area (TPSA) is 62.4 Å². The van der Waals surface area contributed by atoms with Gasteiger partial charge >= 0.3 is 0 Å². The van der Waals surface area contributed by atoms with Gasteiger partial charge in [0.25, 0.3) is 0 Å². The van der Waals surface area contributed by atoms with Crippen molar-refractivity contribution in [3.63, 3.8) is 0 Å². The van der Waals surface area contributed by atoms with Gasteiger partial charge in [0.15, 0.2) is 5.13 Å². The van der Waals surface area contributed by atoms with Crippen LogP contribution in [0.2, 0.25) is 0 Å². The highest BCUT2D eigenvalue weighted by atomic mass is 32.1. The number of hydrogen-bond acceptors (Lipinski definition) is 5. The first-order valence-electron chi connectivity index (χ1n) is 4.29. The highest BCUT2D eigenvalue weighted by molar-refractivity contribution is 7.15. The second kappa shape index (κ2) is 5.16. The van der Waals surface area contributed by atoms with Gasteiger partial charge in [0.2, 0.25) is 0 Å². The van der Waals surface area contributed by atoms with E-state index in [-0.39, 0.29) is 6.61 Å². The van der Waals surface area contributed by atoms with Crippen LogP contribution in [0.15, 0.2) is 6.20 Å². The number of nitrogens with two attached hydrogens (primary N) is 1. The summed E-state index contributed by atoms with van der Waals surface area (Å²) in [4.78, 5) is 7.26. The summed E-state index contributed by atoms with van der Waals surface area (Å²) in [6.45, 7) is 4.72. The summed E-state index contributed by atoms with van der Waals surface area (Å²) in [5, 5.41) is 9.38. The summed E-state index contributed by atoms with van der Waals surface area (Å²) in [7, 11) is 0. The first-order valence-corrected chi connectivity index (χ1v) is 5.11. The molecule has 0 aliphatic carbocycles. The molecule has 4 nitrogen and oxygen atoms in total. The zero-order valence-electron chi connectivity index (χ0n) is 7.73. The lowest BCUT2D eigenvalue weighted by molar-refractivity contribution is 0.198. The summed E-state index contributed by atoms with van der Waals surface area (Å²) in [5.74, 6) is 0. The number of anilines is 1. The number of nitrogen functional groups attached to an aromatic ring is 1. The smallest absolute Gasteiger partial charge is 0.180 e. The van der Waals surface area contributed by atoms with Crippen molar-refractivity contribution in [2.45, 2.75) is 13.5 Å². The Labute approximate surface area is 82.0 Å². The fourth-order valence-corrected chi connectivity index (χ4v) is 1.83. The third-order valence-corrected chi connectivity index (χ3v) is 2.63. The fourth-order valence-electron chi connectivity index (χ4n) is 1.11. The fraction of sp³-hybridized carbons (Fsp3) is 0.625. The maximum absolute atomic E-state index is 8.77. The number of rotatable bonds is 5. The molecule has 13 heavy (non-hydrogen) atoms. The summed E-state index contributed by atoms with van der Waals surface area (Å²) in [6, 6.07) is 0. The predicted molar refractivity (Wildman–Crippen MR) is 54.6 cm³/mol. The van der Waals surface area contributed by atoms with E-state index in [0.29, 0.717) is 11.7 Å². The van der Waals surface area contributed by atoms with Crippen LogP contribution >= 0.6 is 11.3 Å². The van der Waals surface area contributed by atoms with Crippen molar-refractivity contribution in [1.29, 1.82) is 0 Å². The number of likely N-dealkylation sites (N-methyl/N-ethyl adjacent to an activating group) is 1. The summed E-state index contributed by atoms with van der Waals surface area (Å²) in [6.07, 6.45) is 1.79. The minimum Gasteiger partial charge on any atom is -0.395 e. The van der Waals surface area contributed by atoms with Crippen molar-refractivity contribution in [1.82, 2.24) is 9.88 Å². The molecule has 0 bridgehead atoms. The Bertz CT molecular complexity index is 251. The van der Waals surface area contributed by atoms with Gasteiger partial charge in [-0.15, -0.1) is 11.3 Å². The molecule has 0 saturated carbocycles. The van der Waals surface area contributed by atoms with Crippen LogP contribution in [0.1, 0.15) is 11.8 Å². The van der Waals surface area contributed by atoms with Crippen LogP contribution in [-0.2, 0) is 6.54 Å². The third kappa shape index (κ3) is 3.30. The third-order valence-electron chi connectivity index (χ3n) is 1.81. The molecule has 0 spiro atoms. The molecule has 1 aromatic rings. The predicted octanol–water partition coefficient (Wildman–Crippen LogP) is 0.540. The Morgan fingerprint density at radius 1 is 1.69 bits per heavy atom. The van der Waals surface area contributed by atoms with E-state index in [1.54, 1.807) is 6.20 Å². The largest absolute Gasteiger partial charge is 0.395 e. The van der Waals surface area contributed by atoms with Crippen LogP contribution in [0.3, 0.4) is 0 Å². The average Bonchev–Trinajstić information content (AvgIpc) is 2.50. The molecule has 0 fully saturated rings. The normalized spacial score (nSPS) is 11.0. The van der Waals surface area contributed by atoms with Crippen LogP contribution in [-0.4, -0.2) is 34.7 Å². The van der Waals surface area contributed by atoms with Crippen molar-refractivity contribution in [3.8, 4) is 0 Å².